The monoisotopic (exact) mass is 363 g/mol. The van der Waals surface area contributed by atoms with Crippen LogP contribution in [0.1, 0.15) is 15.9 Å². The lowest BCUT2D eigenvalue weighted by molar-refractivity contribution is -0.124. The van der Waals surface area contributed by atoms with Crippen LogP contribution < -0.4 is 14.8 Å². The third kappa shape index (κ3) is 5.39. The molecule has 0 spiro atoms. The number of benzene rings is 2. The number of amides is 1. The number of carbonyl (C=O) groups excluding carboxylic acids is 2. The van der Waals surface area contributed by atoms with Gasteiger partial charge in [0.15, 0.2) is 18.1 Å². The lowest BCUT2D eigenvalue weighted by atomic mass is 10.2. The first-order valence-corrected chi connectivity index (χ1v) is 7.81. The lowest BCUT2D eigenvalue weighted by Gasteiger charge is -2.10. The Morgan fingerprint density at radius 3 is 2.48 bits per heavy atom. The largest absolute Gasteiger partial charge is 0.493 e. The van der Waals surface area contributed by atoms with Crippen molar-refractivity contribution in [2.24, 2.45) is 0 Å². The maximum atomic E-state index is 12.0. The highest BCUT2D eigenvalue weighted by atomic mass is 35.5. The minimum Gasteiger partial charge on any atom is -0.493 e. The van der Waals surface area contributed by atoms with Crippen LogP contribution in [-0.2, 0) is 16.1 Å². The van der Waals surface area contributed by atoms with Crippen LogP contribution in [0, 0.1) is 0 Å². The van der Waals surface area contributed by atoms with Crippen LogP contribution in [0.15, 0.2) is 42.5 Å². The van der Waals surface area contributed by atoms with E-state index >= 15 is 0 Å². The molecule has 0 aliphatic carbocycles. The third-order valence-corrected chi connectivity index (χ3v) is 3.57. The zero-order valence-electron chi connectivity index (χ0n) is 13.9. The summed E-state index contributed by atoms with van der Waals surface area (Å²) >= 11 is 5.88. The average Bonchev–Trinajstić information content (AvgIpc) is 2.63. The van der Waals surface area contributed by atoms with Crippen molar-refractivity contribution in [2.45, 2.75) is 6.54 Å². The summed E-state index contributed by atoms with van der Waals surface area (Å²) in [4.78, 5) is 23.8. The summed E-state index contributed by atoms with van der Waals surface area (Å²) in [6, 6.07) is 11.7. The van der Waals surface area contributed by atoms with Gasteiger partial charge in [-0.1, -0.05) is 23.7 Å². The van der Waals surface area contributed by atoms with Gasteiger partial charge >= 0.3 is 5.97 Å². The van der Waals surface area contributed by atoms with Crippen molar-refractivity contribution in [3.63, 3.8) is 0 Å². The predicted molar refractivity (Wildman–Crippen MR) is 93.1 cm³/mol. The van der Waals surface area contributed by atoms with Gasteiger partial charge < -0.3 is 19.5 Å². The van der Waals surface area contributed by atoms with E-state index in [-0.39, 0.29) is 12.2 Å². The minimum atomic E-state index is -0.626. The summed E-state index contributed by atoms with van der Waals surface area (Å²) < 4.78 is 15.2. The normalized spacial score (nSPS) is 10.0. The number of halogens is 1. The maximum absolute atomic E-state index is 12.0. The lowest BCUT2D eigenvalue weighted by Crippen LogP contribution is -2.28. The number of methoxy groups -OCH3 is 2. The molecule has 132 valence electrons. The number of hydrogen-bond acceptors (Lipinski definition) is 5. The molecule has 0 atom stereocenters. The molecule has 25 heavy (non-hydrogen) atoms. The Kier molecular flexibility index (Phi) is 6.65. The summed E-state index contributed by atoms with van der Waals surface area (Å²) in [5.41, 5.74) is 1.12. The molecule has 1 amide bonds. The molecule has 2 rings (SSSR count). The van der Waals surface area contributed by atoms with Gasteiger partial charge in [-0.3, -0.25) is 4.79 Å². The van der Waals surface area contributed by atoms with E-state index in [0.717, 1.165) is 5.56 Å². The molecule has 0 aliphatic rings. The smallest absolute Gasteiger partial charge is 0.338 e. The first kappa shape index (κ1) is 18.6. The second-order valence-electron chi connectivity index (χ2n) is 5.05. The summed E-state index contributed by atoms with van der Waals surface area (Å²) in [5, 5.41) is 3.24. The van der Waals surface area contributed by atoms with E-state index in [2.05, 4.69) is 5.32 Å². The molecule has 0 radical (unpaired) electrons. The standard InChI is InChI=1S/C18H18ClNO5/c1-23-15-7-6-13(9-16(15)24-2)18(22)25-11-17(21)20-10-12-4-3-5-14(19)8-12/h3-9H,10-11H2,1-2H3,(H,20,21). The molecule has 0 bridgehead atoms. The van der Waals surface area contributed by atoms with Crippen molar-refractivity contribution in [3.8, 4) is 11.5 Å². The molecule has 0 aliphatic heterocycles. The van der Waals surface area contributed by atoms with E-state index in [9.17, 15) is 9.59 Å². The van der Waals surface area contributed by atoms with Crippen LogP contribution >= 0.6 is 11.6 Å². The Morgan fingerprint density at radius 1 is 1.04 bits per heavy atom. The third-order valence-electron chi connectivity index (χ3n) is 3.33. The van der Waals surface area contributed by atoms with Crippen LogP contribution in [0.5, 0.6) is 11.5 Å². The maximum Gasteiger partial charge on any atom is 0.338 e. The zero-order chi connectivity index (χ0) is 18.2. The van der Waals surface area contributed by atoms with Crippen LogP contribution in [-0.4, -0.2) is 32.7 Å². The van der Waals surface area contributed by atoms with Gasteiger partial charge in [-0.05, 0) is 35.9 Å². The fraction of sp³-hybridized carbons (Fsp3) is 0.222. The summed E-state index contributed by atoms with van der Waals surface area (Å²) in [6.45, 7) is -0.0823. The Hall–Kier alpha value is -2.73. The molecule has 0 unspecified atom stereocenters. The van der Waals surface area contributed by atoms with Crippen molar-refractivity contribution in [1.29, 1.82) is 0 Å². The van der Waals surface area contributed by atoms with E-state index in [1.54, 1.807) is 24.3 Å². The number of nitrogens with one attached hydrogen (secondary N) is 1. The van der Waals surface area contributed by atoms with Crippen molar-refractivity contribution in [1.82, 2.24) is 5.32 Å². The number of carbonyl (C=O) groups is 2. The molecule has 2 aromatic rings. The Bertz CT molecular complexity index is 763. The quantitative estimate of drug-likeness (QED) is 0.766. The number of hydrogen-bond donors (Lipinski definition) is 1. The average molecular weight is 364 g/mol. The molecule has 7 heteroatoms. The molecule has 0 fully saturated rings. The molecule has 1 N–H and O–H groups in total. The number of rotatable bonds is 7. The predicted octanol–water partition coefficient (Wildman–Crippen LogP) is 2.83. The first-order chi connectivity index (χ1) is 12.0. The highest BCUT2D eigenvalue weighted by Crippen LogP contribution is 2.27. The van der Waals surface area contributed by atoms with E-state index in [1.165, 1.54) is 26.4 Å². The van der Waals surface area contributed by atoms with Crippen LogP contribution in [0.4, 0.5) is 0 Å². The first-order valence-electron chi connectivity index (χ1n) is 7.43. The van der Waals surface area contributed by atoms with Gasteiger partial charge in [0, 0.05) is 11.6 Å². The number of ether oxygens (including phenoxy) is 3. The van der Waals surface area contributed by atoms with Gasteiger partial charge in [0.25, 0.3) is 5.91 Å². The fourth-order valence-corrected chi connectivity index (χ4v) is 2.29. The van der Waals surface area contributed by atoms with Gasteiger partial charge in [0.2, 0.25) is 0 Å². The highest BCUT2D eigenvalue weighted by molar-refractivity contribution is 6.30. The summed E-state index contributed by atoms with van der Waals surface area (Å²) in [5.74, 6) is -0.131. The van der Waals surface area contributed by atoms with Gasteiger partial charge in [-0.15, -0.1) is 0 Å². The Balaban J connectivity index is 1.85. The Morgan fingerprint density at radius 2 is 1.80 bits per heavy atom. The molecule has 0 saturated heterocycles. The van der Waals surface area contributed by atoms with Crippen molar-refractivity contribution in [3.05, 3.63) is 58.6 Å². The molecular formula is C18H18ClNO5. The second-order valence-corrected chi connectivity index (χ2v) is 5.49. The molecule has 6 nitrogen and oxygen atoms in total. The molecular weight excluding hydrogens is 346 g/mol. The highest BCUT2D eigenvalue weighted by Gasteiger charge is 2.13. The fourth-order valence-electron chi connectivity index (χ4n) is 2.08. The van der Waals surface area contributed by atoms with Gasteiger partial charge in [0.1, 0.15) is 0 Å². The van der Waals surface area contributed by atoms with Crippen molar-refractivity contribution in [2.75, 3.05) is 20.8 Å². The van der Waals surface area contributed by atoms with E-state index in [0.29, 0.717) is 23.1 Å². The number of esters is 1. The zero-order valence-corrected chi connectivity index (χ0v) is 14.6. The van der Waals surface area contributed by atoms with Gasteiger partial charge in [-0.2, -0.15) is 0 Å². The molecule has 2 aromatic carbocycles. The van der Waals surface area contributed by atoms with Crippen LogP contribution in [0.3, 0.4) is 0 Å². The minimum absolute atomic E-state index is 0.264. The van der Waals surface area contributed by atoms with Gasteiger partial charge in [0.05, 0.1) is 19.8 Å². The van der Waals surface area contributed by atoms with Crippen molar-refractivity contribution < 1.29 is 23.8 Å². The van der Waals surface area contributed by atoms with E-state index in [1.807, 2.05) is 6.07 Å². The van der Waals surface area contributed by atoms with Gasteiger partial charge in [-0.25, -0.2) is 4.79 Å². The molecule has 0 saturated carbocycles. The van der Waals surface area contributed by atoms with E-state index in [4.69, 9.17) is 25.8 Å². The molecule has 0 aromatic heterocycles. The second kappa shape index (κ2) is 8.94. The summed E-state index contributed by atoms with van der Waals surface area (Å²) in [7, 11) is 2.97. The van der Waals surface area contributed by atoms with Crippen LogP contribution in [0.25, 0.3) is 0 Å². The summed E-state index contributed by atoms with van der Waals surface area (Å²) in [6.07, 6.45) is 0. The molecule has 0 heterocycles. The Labute approximate surface area is 150 Å². The van der Waals surface area contributed by atoms with Crippen LogP contribution in [0.2, 0.25) is 5.02 Å². The SMILES string of the molecule is COc1ccc(C(=O)OCC(=O)NCc2cccc(Cl)c2)cc1OC. The van der Waals surface area contributed by atoms with Crippen molar-refractivity contribution >= 4 is 23.5 Å². The topological polar surface area (TPSA) is 73.9 Å². The van der Waals surface area contributed by atoms with E-state index < -0.39 is 11.9 Å².